The first-order valence-electron chi connectivity index (χ1n) is 8.14. The summed E-state index contributed by atoms with van der Waals surface area (Å²) in [5.41, 5.74) is -1.06. The van der Waals surface area contributed by atoms with Crippen molar-refractivity contribution < 1.29 is 14.7 Å². The van der Waals surface area contributed by atoms with Crippen molar-refractivity contribution in [2.75, 3.05) is 26.2 Å². The molecule has 0 spiro atoms. The molecular formula is C15H27N3O3. The molecule has 0 aromatic carbocycles. The standard InChI is InChI=1S/C15H27N3O3/c19-13(20)15(7-3-1-4-8-15)17-14(21)16-9-12-18-10-5-2-6-11-18/h1-12H2,(H,19,20)(H2,16,17,21). The van der Waals surface area contributed by atoms with Crippen LogP contribution in [0.2, 0.25) is 0 Å². The lowest BCUT2D eigenvalue weighted by molar-refractivity contribution is -0.145. The molecule has 0 unspecified atom stereocenters. The first-order valence-corrected chi connectivity index (χ1v) is 8.14. The van der Waals surface area contributed by atoms with Crippen LogP contribution in [0.5, 0.6) is 0 Å². The second kappa shape index (κ2) is 7.64. The Bertz CT molecular complexity index is 361. The minimum absolute atomic E-state index is 0.351. The van der Waals surface area contributed by atoms with E-state index in [4.69, 9.17) is 0 Å². The van der Waals surface area contributed by atoms with Gasteiger partial charge in [-0.05, 0) is 38.8 Å². The number of carbonyl (C=O) groups excluding carboxylic acids is 1. The zero-order chi connectivity index (χ0) is 15.1. The molecule has 1 aliphatic heterocycles. The average Bonchev–Trinajstić information content (AvgIpc) is 2.49. The number of rotatable bonds is 5. The van der Waals surface area contributed by atoms with E-state index in [1.165, 1.54) is 19.3 Å². The van der Waals surface area contributed by atoms with E-state index in [-0.39, 0.29) is 6.03 Å². The van der Waals surface area contributed by atoms with Crippen molar-refractivity contribution in [1.82, 2.24) is 15.5 Å². The first kappa shape index (κ1) is 16.1. The zero-order valence-corrected chi connectivity index (χ0v) is 12.7. The number of hydrogen-bond acceptors (Lipinski definition) is 3. The molecule has 2 rings (SSSR count). The number of likely N-dealkylation sites (tertiary alicyclic amines) is 1. The van der Waals surface area contributed by atoms with Crippen molar-refractivity contribution >= 4 is 12.0 Å². The van der Waals surface area contributed by atoms with Gasteiger partial charge in [0.15, 0.2) is 0 Å². The maximum absolute atomic E-state index is 12.0. The maximum atomic E-state index is 12.0. The van der Waals surface area contributed by atoms with Gasteiger partial charge in [-0.25, -0.2) is 9.59 Å². The normalized spacial score (nSPS) is 22.5. The van der Waals surface area contributed by atoms with E-state index < -0.39 is 11.5 Å². The van der Waals surface area contributed by atoms with E-state index >= 15 is 0 Å². The van der Waals surface area contributed by atoms with Crippen LogP contribution >= 0.6 is 0 Å². The monoisotopic (exact) mass is 297 g/mol. The molecule has 6 heteroatoms. The van der Waals surface area contributed by atoms with Gasteiger partial charge < -0.3 is 20.6 Å². The zero-order valence-electron chi connectivity index (χ0n) is 12.7. The third kappa shape index (κ3) is 4.59. The van der Waals surface area contributed by atoms with E-state index in [0.29, 0.717) is 19.4 Å². The summed E-state index contributed by atoms with van der Waals surface area (Å²) in [4.78, 5) is 25.8. The number of urea groups is 1. The van der Waals surface area contributed by atoms with Gasteiger partial charge in [-0.1, -0.05) is 25.7 Å². The summed E-state index contributed by atoms with van der Waals surface area (Å²) in [6.07, 6.45) is 7.59. The molecule has 6 nitrogen and oxygen atoms in total. The van der Waals surface area contributed by atoms with Gasteiger partial charge >= 0.3 is 12.0 Å². The quantitative estimate of drug-likeness (QED) is 0.719. The Morgan fingerprint density at radius 1 is 1.00 bits per heavy atom. The molecule has 0 aromatic heterocycles. The van der Waals surface area contributed by atoms with Crippen LogP contribution in [0.25, 0.3) is 0 Å². The number of carboxylic acids is 1. The Labute approximate surface area is 126 Å². The number of carboxylic acid groups (broad SMARTS) is 1. The van der Waals surface area contributed by atoms with Gasteiger partial charge in [0.05, 0.1) is 0 Å². The molecule has 2 fully saturated rings. The number of carbonyl (C=O) groups is 2. The highest BCUT2D eigenvalue weighted by Crippen LogP contribution is 2.28. The van der Waals surface area contributed by atoms with Crippen LogP contribution in [0.1, 0.15) is 51.4 Å². The molecule has 1 saturated carbocycles. The van der Waals surface area contributed by atoms with Crippen molar-refractivity contribution in [2.45, 2.75) is 56.9 Å². The lowest BCUT2D eigenvalue weighted by Gasteiger charge is -2.34. The van der Waals surface area contributed by atoms with Gasteiger partial charge in [-0.3, -0.25) is 0 Å². The Kier molecular flexibility index (Phi) is 5.85. The molecule has 120 valence electrons. The summed E-state index contributed by atoms with van der Waals surface area (Å²) in [6.45, 7) is 3.61. The van der Waals surface area contributed by atoms with Crippen LogP contribution in [0, 0.1) is 0 Å². The highest BCUT2D eigenvalue weighted by atomic mass is 16.4. The Balaban J connectivity index is 1.73. The first-order chi connectivity index (χ1) is 10.1. The molecular weight excluding hydrogens is 270 g/mol. The Hall–Kier alpha value is -1.30. The SMILES string of the molecule is O=C(NCCN1CCCCC1)NC1(C(=O)O)CCCCC1. The van der Waals surface area contributed by atoms with Gasteiger partial charge in [0.2, 0.25) is 0 Å². The largest absolute Gasteiger partial charge is 0.480 e. The summed E-state index contributed by atoms with van der Waals surface area (Å²) in [5, 5.41) is 14.9. The van der Waals surface area contributed by atoms with E-state index in [9.17, 15) is 14.7 Å². The van der Waals surface area contributed by atoms with Crippen LogP contribution in [0.3, 0.4) is 0 Å². The summed E-state index contributed by atoms with van der Waals surface area (Å²) >= 11 is 0. The molecule has 3 N–H and O–H groups in total. The molecule has 2 aliphatic rings. The summed E-state index contributed by atoms with van der Waals surface area (Å²) in [5.74, 6) is -0.909. The van der Waals surface area contributed by atoms with E-state index in [2.05, 4.69) is 15.5 Å². The lowest BCUT2D eigenvalue weighted by Crippen LogP contribution is -2.58. The minimum atomic E-state index is -1.06. The predicted molar refractivity (Wildman–Crippen MR) is 80.3 cm³/mol. The topological polar surface area (TPSA) is 81.7 Å². The molecule has 21 heavy (non-hydrogen) atoms. The Morgan fingerprint density at radius 2 is 1.62 bits per heavy atom. The van der Waals surface area contributed by atoms with Crippen molar-refractivity contribution in [1.29, 1.82) is 0 Å². The van der Waals surface area contributed by atoms with Crippen LogP contribution in [-0.4, -0.2) is 53.7 Å². The van der Waals surface area contributed by atoms with Gasteiger partial charge in [0.25, 0.3) is 0 Å². The fourth-order valence-corrected chi connectivity index (χ4v) is 3.32. The van der Waals surface area contributed by atoms with E-state index in [1.807, 2.05) is 0 Å². The third-order valence-electron chi connectivity index (χ3n) is 4.63. The summed E-state index contributed by atoms with van der Waals surface area (Å²) in [6, 6.07) is -0.351. The number of aliphatic carboxylic acids is 1. The maximum Gasteiger partial charge on any atom is 0.329 e. The second-order valence-electron chi connectivity index (χ2n) is 6.23. The van der Waals surface area contributed by atoms with Gasteiger partial charge in [0.1, 0.15) is 5.54 Å². The van der Waals surface area contributed by atoms with Crippen molar-refractivity contribution in [3.8, 4) is 0 Å². The molecule has 1 saturated heterocycles. The number of amides is 2. The summed E-state index contributed by atoms with van der Waals surface area (Å²) in [7, 11) is 0. The fourth-order valence-electron chi connectivity index (χ4n) is 3.32. The number of piperidine rings is 1. The number of nitrogens with zero attached hydrogens (tertiary/aromatic N) is 1. The highest BCUT2D eigenvalue weighted by molar-refractivity contribution is 5.86. The fraction of sp³-hybridized carbons (Fsp3) is 0.867. The molecule has 0 bridgehead atoms. The third-order valence-corrected chi connectivity index (χ3v) is 4.63. The molecule has 0 radical (unpaired) electrons. The van der Waals surface area contributed by atoms with Gasteiger partial charge in [-0.2, -0.15) is 0 Å². The molecule has 2 amide bonds. The van der Waals surface area contributed by atoms with Crippen molar-refractivity contribution in [2.24, 2.45) is 0 Å². The Morgan fingerprint density at radius 3 is 2.24 bits per heavy atom. The highest BCUT2D eigenvalue weighted by Gasteiger charge is 2.40. The molecule has 0 atom stereocenters. The molecule has 1 aliphatic carbocycles. The van der Waals surface area contributed by atoms with Crippen LogP contribution in [-0.2, 0) is 4.79 Å². The lowest BCUT2D eigenvalue weighted by atomic mass is 9.82. The van der Waals surface area contributed by atoms with Gasteiger partial charge in [0, 0.05) is 13.1 Å². The molecule has 1 heterocycles. The number of hydrogen-bond donors (Lipinski definition) is 3. The summed E-state index contributed by atoms with van der Waals surface area (Å²) < 4.78 is 0. The second-order valence-corrected chi connectivity index (χ2v) is 6.23. The smallest absolute Gasteiger partial charge is 0.329 e. The van der Waals surface area contributed by atoms with E-state index in [0.717, 1.165) is 38.9 Å². The van der Waals surface area contributed by atoms with Crippen LogP contribution in [0.4, 0.5) is 4.79 Å². The van der Waals surface area contributed by atoms with Crippen LogP contribution < -0.4 is 10.6 Å². The number of nitrogens with one attached hydrogen (secondary N) is 2. The van der Waals surface area contributed by atoms with Crippen LogP contribution in [0.15, 0.2) is 0 Å². The molecule has 0 aromatic rings. The average molecular weight is 297 g/mol. The van der Waals surface area contributed by atoms with E-state index in [1.54, 1.807) is 0 Å². The van der Waals surface area contributed by atoms with Crippen molar-refractivity contribution in [3.05, 3.63) is 0 Å². The predicted octanol–water partition coefficient (Wildman–Crippen LogP) is 1.56. The van der Waals surface area contributed by atoms with Crippen molar-refractivity contribution in [3.63, 3.8) is 0 Å². The van der Waals surface area contributed by atoms with Gasteiger partial charge in [-0.15, -0.1) is 0 Å². The minimum Gasteiger partial charge on any atom is -0.480 e.